The van der Waals surface area contributed by atoms with Crippen molar-refractivity contribution in [2.45, 2.75) is 32.4 Å². The molecule has 3 rings (SSSR count). The smallest absolute Gasteiger partial charge is 0.210 e. The Labute approximate surface area is 110 Å². The molecule has 18 heavy (non-hydrogen) atoms. The minimum absolute atomic E-state index is 0.366. The average molecular weight is 264 g/mol. The summed E-state index contributed by atoms with van der Waals surface area (Å²) in [6, 6.07) is 0. The quantitative estimate of drug-likeness (QED) is 0.853. The summed E-state index contributed by atoms with van der Waals surface area (Å²) in [6.45, 7) is 3.92. The highest BCUT2D eigenvalue weighted by molar-refractivity contribution is 7.12. The van der Waals surface area contributed by atoms with E-state index in [0.717, 1.165) is 36.8 Å². The molecule has 0 saturated carbocycles. The van der Waals surface area contributed by atoms with Gasteiger partial charge in [0.15, 0.2) is 5.01 Å². The first-order valence-corrected chi connectivity index (χ1v) is 7.10. The molecule has 5 nitrogen and oxygen atoms in total. The third-order valence-electron chi connectivity index (χ3n) is 3.20. The van der Waals surface area contributed by atoms with Crippen molar-refractivity contribution >= 4 is 11.3 Å². The Kier molecular flexibility index (Phi) is 3.38. The molecule has 3 heterocycles. The van der Waals surface area contributed by atoms with Crippen molar-refractivity contribution in [2.24, 2.45) is 5.92 Å². The lowest BCUT2D eigenvalue weighted by Gasteiger charge is -2.26. The molecule has 0 bridgehead atoms. The molecule has 0 aliphatic carbocycles. The summed E-state index contributed by atoms with van der Waals surface area (Å²) in [5.74, 6) is 1.37. The average Bonchev–Trinajstić information content (AvgIpc) is 2.98. The summed E-state index contributed by atoms with van der Waals surface area (Å²) in [6.07, 6.45) is 6.16. The van der Waals surface area contributed by atoms with Crippen LogP contribution in [0.15, 0.2) is 17.9 Å². The summed E-state index contributed by atoms with van der Waals surface area (Å²) in [4.78, 5) is 8.53. The van der Waals surface area contributed by atoms with E-state index in [9.17, 15) is 0 Å². The summed E-state index contributed by atoms with van der Waals surface area (Å²) in [7, 11) is 0. The van der Waals surface area contributed by atoms with Gasteiger partial charge >= 0.3 is 0 Å². The maximum absolute atomic E-state index is 5.56. The second-order valence-corrected chi connectivity index (χ2v) is 5.59. The maximum atomic E-state index is 5.56. The van der Waals surface area contributed by atoms with Crippen LogP contribution in [0.25, 0.3) is 10.8 Å². The van der Waals surface area contributed by atoms with Crippen molar-refractivity contribution in [3.8, 4) is 10.8 Å². The van der Waals surface area contributed by atoms with Crippen molar-refractivity contribution in [3.05, 3.63) is 17.9 Å². The number of thiazole rings is 1. The predicted octanol–water partition coefficient (Wildman–Crippen LogP) is 2.22. The maximum Gasteiger partial charge on any atom is 0.210 e. The van der Waals surface area contributed by atoms with Crippen LogP contribution in [0.2, 0.25) is 0 Å². The fraction of sp³-hybridized carbons (Fsp3) is 0.583. The molecule has 1 saturated heterocycles. The van der Waals surface area contributed by atoms with Crippen LogP contribution in [0.4, 0.5) is 0 Å². The summed E-state index contributed by atoms with van der Waals surface area (Å²) in [5, 5.41) is 7.31. The number of aromatic nitrogens is 4. The summed E-state index contributed by atoms with van der Waals surface area (Å²) in [5.41, 5.74) is 0. The second-order valence-electron chi connectivity index (χ2n) is 4.70. The Morgan fingerprint density at radius 1 is 1.50 bits per heavy atom. The fourth-order valence-electron chi connectivity index (χ4n) is 2.34. The highest BCUT2D eigenvalue weighted by atomic mass is 32.1. The lowest BCUT2D eigenvalue weighted by molar-refractivity contribution is -0.00178. The van der Waals surface area contributed by atoms with E-state index in [-0.39, 0.29) is 0 Å². The van der Waals surface area contributed by atoms with E-state index in [1.54, 1.807) is 23.9 Å². The molecular weight excluding hydrogens is 248 g/mol. The Balaban J connectivity index is 1.66. The first-order valence-electron chi connectivity index (χ1n) is 6.22. The molecule has 6 heteroatoms. The number of ether oxygens (including phenoxy) is 1. The minimum atomic E-state index is 0.366. The van der Waals surface area contributed by atoms with Gasteiger partial charge in [-0.1, -0.05) is 0 Å². The molecule has 0 aromatic carbocycles. The molecule has 2 aromatic rings. The molecule has 2 aromatic heterocycles. The van der Waals surface area contributed by atoms with Crippen molar-refractivity contribution in [3.63, 3.8) is 0 Å². The standard InChI is InChI=1S/C12H16N4OS/c1-9-6-10(2-4-17-9)7-16-8-14-11(15-16)12-13-3-5-18-12/h3,5,8-10H,2,4,6-7H2,1H3. The molecule has 0 radical (unpaired) electrons. The van der Waals surface area contributed by atoms with E-state index in [4.69, 9.17) is 4.74 Å². The Morgan fingerprint density at radius 3 is 3.22 bits per heavy atom. The van der Waals surface area contributed by atoms with Gasteiger partial charge in [0, 0.05) is 24.7 Å². The van der Waals surface area contributed by atoms with Crippen molar-refractivity contribution < 1.29 is 4.74 Å². The molecule has 96 valence electrons. The first kappa shape index (κ1) is 11.8. The van der Waals surface area contributed by atoms with Crippen LogP contribution < -0.4 is 0 Å². The summed E-state index contributed by atoms with van der Waals surface area (Å²) < 4.78 is 7.49. The van der Waals surface area contributed by atoms with E-state index in [1.807, 2.05) is 10.1 Å². The molecule has 1 aliphatic heterocycles. The van der Waals surface area contributed by atoms with E-state index < -0.39 is 0 Å². The van der Waals surface area contributed by atoms with E-state index >= 15 is 0 Å². The van der Waals surface area contributed by atoms with Crippen LogP contribution in [0.5, 0.6) is 0 Å². The topological polar surface area (TPSA) is 52.8 Å². The van der Waals surface area contributed by atoms with Gasteiger partial charge in [-0.2, -0.15) is 0 Å². The van der Waals surface area contributed by atoms with Crippen LogP contribution >= 0.6 is 11.3 Å². The number of hydrogen-bond acceptors (Lipinski definition) is 5. The fourth-order valence-corrected chi connectivity index (χ4v) is 2.91. The molecule has 2 atom stereocenters. The molecular formula is C12H16N4OS. The number of nitrogens with zero attached hydrogens (tertiary/aromatic N) is 4. The van der Waals surface area contributed by atoms with E-state index in [0.29, 0.717) is 12.0 Å². The Morgan fingerprint density at radius 2 is 2.44 bits per heavy atom. The first-order chi connectivity index (χ1) is 8.81. The zero-order valence-corrected chi connectivity index (χ0v) is 11.1. The Bertz CT molecular complexity index is 496. The zero-order valence-electron chi connectivity index (χ0n) is 10.3. The van der Waals surface area contributed by atoms with Gasteiger partial charge in [0.05, 0.1) is 6.10 Å². The molecule has 1 aliphatic rings. The molecule has 0 N–H and O–H groups in total. The monoisotopic (exact) mass is 264 g/mol. The molecule has 0 spiro atoms. The van der Waals surface area contributed by atoms with Crippen molar-refractivity contribution in [1.82, 2.24) is 19.7 Å². The van der Waals surface area contributed by atoms with Gasteiger partial charge in [0.25, 0.3) is 0 Å². The number of hydrogen-bond donors (Lipinski definition) is 0. The van der Waals surface area contributed by atoms with Crippen LogP contribution in [0.1, 0.15) is 19.8 Å². The second kappa shape index (κ2) is 5.16. The largest absolute Gasteiger partial charge is 0.378 e. The normalized spacial score (nSPS) is 24.3. The lowest BCUT2D eigenvalue weighted by Crippen LogP contribution is -2.26. The molecule has 2 unspecified atom stereocenters. The van der Waals surface area contributed by atoms with Gasteiger partial charge in [-0.25, -0.2) is 9.97 Å². The van der Waals surface area contributed by atoms with Gasteiger partial charge in [-0.3, -0.25) is 4.68 Å². The van der Waals surface area contributed by atoms with Crippen LogP contribution in [-0.4, -0.2) is 32.5 Å². The molecule has 0 amide bonds. The Hall–Kier alpha value is -1.27. The van der Waals surface area contributed by atoms with Crippen molar-refractivity contribution in [2.75, 3.05) is 6.61 Å². The van der Waals surface area contributed by atoms with Gasteiger partial charge in [-0.05, 0) is 25.7 Å². The van der Waals surface area contributed by atoms with Gasteiger partial charge in [0.1, 0.15) is 6.33 Å². The lowest BCUT2D eigenvalue weighted by atomic mass is 9.96. The van der Waals surface area contributed by atoms with Crippen LogP contribution in [0.3, 0.4) is 0 Å². The van der Waals surface area contributed by atoms with Gasteiger partial charge in [-0.15, -0.1) is 16.4 Å². The molecule has 1 fully saturated rings. The minimum Gasteiger partial charge on any atom is -0.378 e. The van der Waals surface area contributed by atoms with Crippen molar-refractivity contribution in [1.29, 1.82) is 0 Å². The van der Waals surface area contributed by atoms with Crippen LogP contribution in [0, 0.1) is 5.92 Å². The third kappa shape index (κ3) is 2.59. The highest BCUT2D eigenvalue weighted by Crippen LogP contribution is 2.22. The van der Waals surface area contributed by atoms with E-state index in [2.05, 4.69) is 22.0 Å². The highest BCUT2D eigenvalue weighted by Gasteiger charge is 2.20. The van der Waals surface area contributed by atoms with Gasteiger partial charge < -0.3 is 4.74 Å². The third-order valence-corrected chi connectivity index (χ3v) is 3.97. The van der Waals surface area contributed by atoms with E-state index in [1.165, 1.54) is 0 Å². The summed E-state index contributed by atoms with van der Waals surface area (Å²) >= 11 is 1.57. The zero-order chi connectivity index (χ0) is 12.4. The van der Waals surface area contributed by atoms with Crippen LogP contribution in [-0.2, 0) is 11.3 Å². The predicted molar refractivity (Wildman–Crippen MR) is 69.3 cm³/mol. The number of rotatable bonds is 3. The van der Waals surface area contributed by atoms with Gasteiger partial charge in [0.2, 0.25) is 5.82 Å². The SMILES string of the molecule is CC1CC(Cn2cnc(-c3nccs3)n2)CCO1.